The smallest absolute Gasteiger partial charge is 0.251 e. The van der Waals surface area contributed by atoms with E-state index < -0.39 is 0 Å². The second kappa shape index (κ2) is 8.48. The lowest BCUT2D eigenvalue weighted by Crippen LogP contribution is -2.29. The van der Waals surface area contributed by atoms with Crippen LogP contribution >= 0.6 is 0 Å². The van der Waals surface area contributed by atoms with Gasteiger partial charge in [0.25, 0.3) is 5.91 Å². The van der Waals surface area contributed by atoms with Crippen LogP contribution < -0.4 is 15.0 Å². The van der Waals surface area contributed by atoms with Gasteiger partial charge in [-0.15, -0.1) is 0 Å². The van der Waals surface area contributed by atoms with Crippen LogP contribution in [0.15, 0.2) is 60.7 Å². The van der Waals surface area contributed by atoms with E-state index in [1.165, 1.54) is 0 Å². The fourth-order valence-corrected chi connectivity index (χ4v) is 3.90. The number of carbonyl (C=O) groups is 2. The molecule has 5 nitrogen and oxygen atoms in total. The molecule has 0 fully saturated rings. The van der Waals surface area contributed by atoms with Crippen molar-refractivity contribution in [3.63, 3.8) is 0 Å². The summed E-state index contributed by atoms with van der Waals surface area (Å²) >= 11 is 0. The van der Waals surface area contributed by atoms with Crippen molar-refractivity contribution in [2.75, 3.05) is 19.1 Å². The molecule has 3 aromatic carbocycles. The van der Waals surface area contributed by atoms with Gasteiger partial charge in [0.1, 0.15) is 5.75 Å². The van der Waals surface area contributed by atoms with E-state index in [0.717, 1.165) is 39.3 Å². The highest BCUT2D eigenvalue weighted by Gasteiger charge is 2.20. The number of nitrogens with one attached hydrogen (secondary N) is 1. The summed E-state index contributed by atoms with van der Waals surface area (Å²) in [5.41, 5.74) is 6.21. The monoisotopic (exact) mass is 412 g/mol. The fraction of sp³-hybridized carbons (Fsp3) is 0.154. The van der Waals surface area contributed by atoms with Crippen LogP contribution in [0.25, 0.3) is 23.3 Å². The van der Waals surface area contributed by atoms with Crippen molar-refractivity contribution < 1.29 is 14.3 Å². The van der Waals surface area contributed by atoms with Gasteiger partial charge in [-0.3, -0.25) is 9.59 Å². The Morgan fingerprint density at radius 1 is 0.968 bits per heavy atom. The van der Waals surface area contributed by atoms with E-state index in [-0.39, 0.29) is 11.8 Å². The maximum Gasteiger partial charge on any atom is 0.251 e. The molecule has 1 aliphatic heterocycles. The summed E-state index contributed by atoms with van der Waals surface area (Å²) in [6.07, 6.45) is 4.06. The third-order valence-corrected chi connectivity index (χ3v) is 5.53. The Kier molecular flexibility index (Phi) is 5.58. The molecule has 0 bridgehead atoms. The van der Waals surface area contributed by atoms with Crippen LogP contribution in [0, 0.1) is 0 Å². The summed E-state index contributed by atoms with van der Waals surface area (Å²) in [7, 11) is 3.26. The average Bonchev–Trinajstić information content (AvgIpc) is 2.79. The van der Waals surface area contributed by atoms with Crippen molar-refractivity contribution in [2.45, 2.75) is 13.5 Å². The molecule has 4 rings (SSSR count). The third kappa shape index (κ3) is 3.94. The zero-order chi connectivity index (χ0) is 22.0. The number of methoxy groups -OCH3 is 1. The normalized spacial score (nSPS) is 13.3. The van der Waals surface area contributed by atoms with Gasteiger partial charge in [0.15, 0.2) is 0 Å². The fourth-order valence-electron chi connectivity index (χ4n) is 3.90. The molecule has 0 saturated carbocycles. The molecule has 1 N–H and O–H groups in total. The number of rotatable bonds is 3. The van der Waals surface area contributed by atoms with Crippen LogP contribution in [0.3, 0.4) is 0 Å². The number of amides is 2. The van der Waals surface area contributed by atoms with E-state index in [2.05, 4.69) is 17.5 Å². The van der Waals surface area contributed by atoms with E-state index in [1.54, 1.807) is 26.0 Å². The first-order valence-corrected chi connectivity index (χ1v) is 10.1. The zero-order valence-electron chi connectivity index (χ0n) is 17.8. The maximum atomic E-state index is 12.5. The molecule has 156 valence electrons. The molecule has 0 aliphatic carbocycles. The molecule has 0 aromatic heterocycles. The standard InChI is InChI=1S/C26H24N2O3/c1-17(29)28-16-21-14-19(23-6-4-5-7-24(23)26(30)27-2)10-8-18(21)9-11-20-15-22(31-3)12-13-25(20)28/h4-15H,16H2,1-3H3,(H,27,30)/b11-9-. The molecular weight excluding hydrogens is 388 g/mol. The number of fused-ring (bicyclic) bond motifs is 2. The van der Waals surface area contributed by atoms with Gasteiger partial charge in [-0.05, 0) is 52.6 Å². The van der Waals surface area contributed by atoms with Gasteiger partial charge in [0, 0.05) is 25.1 Å². The first-order chi connectivity index (χ1) is 15.0. The van der Waals surface area contributed by atoms with Crippen molar-refractivity contribution in [3.8, 4) is 16.9 Å². The molecule has 2 amide bonds. The van der Waals surface area contributed by atoms with E-state index >= 15 is 0 Å². The van der Waals surface area contributed by atoms with Crippen LogP contribution in [0.4, 0.5) is 5.69 Å². The van der Waals surface area contributed by atoms with Crippen molar-refractivity contribution in [1.82, 2.24) is 5.32 Å². The van der Waals surface area contributed by atoms with Gasteiger partial charge in [0.05, 0.1) is 19.3 Å². The topological polar surface area (TPSA) is 58.6 Å². The lowest BCUT2D eigenvalue weighted by Gasteiger charge is -2.26. The molecule has 0 atom stereocenters. The number of anilines is 1. The molecular formula is C26H24N2O3. The number of ether oxygens (including phenoxy) is 1. The number of benzene rings is 3. The molecule has 1 heterocycles. The largest absolute Gasteiger partial charge is 0.497 e. The first-order valence-electron chi connectivity index (χ1n) is 10.1. The number of nitrogens with zero attached hydrogens (tertiary/aromatic N) is 1. The molecule has 0 radical (unpaired) electrons. The quantitative estimate of drug-likeness (QED) is 0.675. The highest BCUT2D eigenvalue weighted by molar-refractivity contribution is 6.01. The lowest BCUT2D eigenvalue weighted by molar-refractivity contribution is -0.116. The van der Waals surface area contributed by atoms with E-state index in [0.29, 0.717) is 12.1 Å². The van der Waals surface area contributed by atoms with Gasteiger partial charge < -0.3 is 15.0 Å². The van der Waals surface area contributed by atoms with Crippen LogP contribution in [-0.2, 0) is 11.3 Å². The predicted molar refractivity (Wildman–Crippen MR) is 124 cm³/mol. The Morgan fingerprint density at radius 3 is 2.48 bits per heavy atom. The number of hydrogen-bond acceptors (Lipinski definition) is 3. The van der Waals surface area contributed by atoms with Crippen molar-refractivity contribution in [3.05, 3.63) is 82.9 Å². The number of carbonyl (C=O) groups excluding carboxylic acids is 2. The molecule has 1 aliphatic rings. The predicted octanol–water partition coefficient (Wildman–Crippen LogP) is 4.76. The molecule has 0 unspecified atom stereocenters. The maximum absolute atomic E-state index is 12.5. The second-order valence-corrected chi connectivity index (χ2v) is 7.40. The Hall–Kier alpha value is -3.86. The molecule has 31 heavy (non-hydrogen) atoms. The second-order valence-electron chi connectivity index (χ2n) is 7.40. The van der Waals surface area contributed by atoms with E-state index in [9.17, 15) is 9.59 Å². The Bertz CT molecular complexity index is 1200. The first kappa shape index (κ1) is 20.4. The molecule has 5 heteroatoms. The van der Waals surface area contributed by atoms with Crippen LogP contribution in [0.1, 0.15) is 34.0 Å². The summed E-state index contributed by atoms with van der Waals surface area (Å²) < 4.78 is 5.35. The molecule has 0 saturated heterocycles. The Balaban J connectivity index is 1.83. The van der Waals surface area contributed by atoms with Crippen LogP contribution in [0.2, 0.25) is 0 Å². The minimum Gasteiger partial charge on any atom is -0.497 e. The van der Waals surface area contributed by atoms with Crippen molar-refractivity contribution in [1.29, 1.82) is 0 Å². The molecule has 3 aromatic rings. The van der Waals surface area contributed by atoms with Gasteiger partial charge in [-0.2, -0.15) is 0 Å². The van der Waals surface area contributed by atoms with Gasteiger partial charge in [-0.1, -0.05) is 42.5 Å². The van der Waals surface area contributed by atoms with E-state index in [4.69, 9.17) is 4.74 Å². The van der Waals surface area contributed by atoms with Crippen LogP contribution in [0.5, 0.6) is 5.75 Å². The summed E-state index contributed by atoms with van der Waals surface area (Å²) in [5, 5.41) is 2.70. The third-order valence-electron chi connectivity index (χ3n) is 5.53. The van der Waals surface area contributed by atoms with Crippen molar-refractivity contribution >= 4 is 29.7 Å². The highest BCUT2D eigenvalue weighted by atomic mass is 16.5. The number of hydrogen-bond donors (Lipinski definition) is 1. The van der Waals surface area contributed by atoms with Crippen LogP contribution in [-0.4, -0.2) is 26.0 Å². The average molecular weight is 412 g/mol. The molecule has 0 spiro atoms. The summed E-state index contributed by atoms with van der Waals surface area (Å²) in [4.78, 5) is 26.7. The lowest BCUT2D eigenvalue weighted by atomic mass is 9.93. The summed E-state index contributed by atoms with van der Waals surface area (Å²) in [5.74, 6) is 0.577. The van der Waals surface area contributed by atoms with Gasteiger partial charge >= 0.3 is 0 Å². The van der Waals surface area contributed by atoms with Gasteiger partial charge in [-0.25, -0.2) is 0 Å². The Labute approximate surface area is 182 Å². The summed E-state index contributed by atoms with van der Waals surface area (Å²) in [6.45, 7) is 2.01. The summed E-state index contributed by atoms with van der Waals surface area (Å²) in [6, 6.07) is 19.3. The van der Waals surface area contributed by atoms with Gasteiger partial charge in [0.2, 0.25) is 5.91 Å². The minimum absolute atomic E-state index is 0.0381. The Morgan fingerprint density at radius 2 is 1.74 bits per heavy atom. The zero-order valence-corrected chi connectivity index (χ0v) is 17.8. The highest BCUT2D eigenvalue weighted by Crippen LogP contribution is 2.34. The van der Waals surface area contributed by atoms with Crippen molar-refractivity contribution in [2.24, 2.45) is 0 Å². The minimum atomic E-state index is -0.129. The SMILES string of the molecule is CNC(=O)c1ccccc1-c1ccc2c(c1)CN(C(C)=O)c1ccc(OC)cc1/C=C\2. The van der Waals surface area contributed by atoms with E-state index in [1.807, 2.05) is 60.7 Å².